The van der Waals surface area contributed by atoms with Crippen LogP contribution in [0.15, 0.2) is 46.2 Å². The number of nitrogens with two attached hydrogens (primary N) is 1. The molecule has 1 aliphatic heterocycles. The molecule has 21 heavy (non-hydrogen) atoms. The monoisotopic (exact) mass is 321 g/mol. The Kier molecular flexibility index (Phi) is 4.29. The van der Waals surface area contributed by atoms with E-state index in [1.807, 2.05) is 43.3 Å². The smallest absolute Gasteiger partial charge is 0.162 e. The van der Waals surface area contributed by atoms with Gasteiger partial charge in [0, 0.05) is 15.8 Å². The highest BCUT2D eigenvalue weighted by Gasteiger charge is 2.13. The predicted molar refractivity (Wildman–Crippen MR) is 85.6 cm³/mol. The fraction of sp³-hybridized carbons (Fsp3) is 0.250. The lowest BCUT2D eigenvalue weighted by molar-refractivity contribution is 0.171. The van der Waals surface area contributed by atoms with Gasteiger partial charge in [0.25, 0.3) is 0 Å². The molecule has 3 nitrogen and oxygen atoms in total. The number of fused-ring (bicyclic) bond motifs is 1. The van der Waals surface area contributed by atoms with E-state index < -0.39 is 0 Å². The molecule has 2 aromatic carbocycles. The fourth-order valence-electron chi connectivity index (χ4n) is 2.10. The second-order valence-electron chi connectivity index (χ2n) is 4.89. The minimum absolute atomic E-state index is 0.0177. The molecule has 110 valence electrons. The molecule has 0 saturated heterocycles. The summed E-state index contributed by atoms with van der Waals surface area (Å²) in [5.41, 5.74) is 6.90. The molecule has 0 spiro atoms. The van der Waals surface area contributed by atoms with E-state index in [0.717, 1.165) is 26.9 Å². The van der Waals surface area contributed by atoms with Gasteiger partial charge < -0.3 is 15.2 Å². The molecule has 5 heteroatoms. The van der Waals surface area contributed by atoms with Crippen LogP contribution in [0.2, 0.25) is 5.02 Å². The van der Waals surface area contributed by atoms with Crippen molar-refractivity contribution >= 4 is 23.4 Å². The normalized spacial score (nSPS) is 14.8. The van der Waals surface area contributed by atoms with Crippen molar-refractivity contribution in [2.24, 2.45) is 5.73 Å². The van der Waals surface area contributed by atoms with Gasteiger partial charge in [-0.05, 0) is 42.8 Å². The summed E-state index contributed by atoms with van der Waals surface area (Å²) in [6.07, 6.45) is 0. The average Bonchev–Trinajstić information content (AvgIpc) is 2.49. The maximum Gasteiger partial charge on any atom is 0.162 e. The van der Waals surface area contributed by atoms with Crippen LogP contribution in [0, 0.1) is 0 Å². The van der Waals surface area contributed by atoms with Crippen molar-refractivity contribution in [2.75, 3.05) is 13.2 Å². The Morgan fingerprint density at radius 2 is 1.86 bits per heavy atom. The summed E-state index contributed by atoms with van der Waals surface area (Å²) in [6.45, 7) is 3.13. The molecule has 0 radical (unpaired) electrons. The first-order valence-electron chi connectivity index (χ1n) is 6.76. The molecule has 0 aliphatic carbocycles. The van der Waals surface area contributed by atoms with Gasteiger partial charge in [0.1, 0.15) is 13.2 Å². The van der Waals surface area contributed by atoms with Crippen LogP contribution in [0.3, 0.4) is 0 Å². The number of hydrogen-bond donors (Lipinski definition) is 1. The van der Waals surface area contributed by atoms with Gasteiger partial charge in [0.05, 0.1) is 5.02 Å². The van der Waals surface area contributed by atoms with E-state index >= 15 is 0 Å². The Bertz CT molecular complexity index is 661. The highest BCUT2D eigenvalue weighted by Crippen LogP contribution is 2.39. The molecule has 0 bridgehead atoms. The predicted octanol–water partition coefficient (Wildman–Crippen LogP) is 4.28. The average molecular weight is 322 g/mol. The van der Waals surface area contributed by atoms with Crippen molar-refractivity contribution in [3.63, 3.8) is 0 Å². The molecule has 2 N–H and O–H groups in total. The van der Waals surface area contributed by atoms with E-state index in [1.165, 1.54) is 0 Å². The van der Waals surface area contributed by atoms with Gasteiger partial charge in [0.15, 0.2) is 11.5 Å². The van der Waals surface area contributed by atoms with Gasteiger partial charge in [-0.15, -0.1) is 0 Å². The van der Waals surface area contributed by atoms with Crippen molar-refractivity contribution in [3.05, 3.63) is 47.0 Å². The fourth-order valence-corrected chi connectivity index (χ4v) is 3.25. The Morgan fingerprint density at radius 3 is 2.57 bits per heavy atom. The number of ether oxygens (including phenoxy) is 2. The summed E-state index contributed by atoms with van der Waals surface area (Å²) in [7, 11) is 0. The van der Waals surface area contributed by atoms with Crippen molar-refractivity contribution in [1.29, 1.82) is 0 Å². The van der Waals surface area contributed by atoms with E-state index in [4.69, 9.17) is 26.8 Å². The lowest BCUT2D eigenvalue weighted by Gasteiger charge is -2.18. The standard InChI is InChI=1S/C16H16ClNO2S/c1-10(18)11-2-5-16(13(17)8-11)21-12-3-4-14-15(9-12)20-7-6-19-14/h2-5,8-10H,6-7,18H2,1H3. The summed E-state index contributed by atoms with van der Waals surface area (Å²) in [6, 6.07) is 11.8. The number of halogens is 1. The van der Waals surface area contributed by atoms with Crippen LogP contribution in [-0.4, -0.2) is 13.2 Å². The van der Waals surface area contributed by atoms with E-state index in [2.05, 4.69) is 0 Å². The van der Waals surface area contributed by atoms with Crippen molar-refractivity contribution in [1.82, 2.24) is 0 Å². The molecule has 2 aromatic rings. The van der Waals surface area contributed by atoms with E-state index in [-0.39, 0.29) is 6.04 Å². The quantitative estimate of drug-likeness (QED) is 0.916. The Labute approximate surface area is 133 Å². The molecule has 0 fully saturated rings. The molecule has 0 amide bonds. The molecule has 1 aliphatic rings. The Morgan fingerprint density at radius 1 is 1.10 bits per heavy atom. The molecule has 1 heterocycles. The second-order valence-corrected chi connectivity index (χ2v) is 6.41. The Hall–Kier alpha value is -1.36. The summed E-state index contributed by atoms with van der Waals surface area (Å²) in [5, 5.41) is 0.713. The van der Waals surface area contributed by atoms with Gasteiger partial charge in [-0.1, -0.05) is 29.4 Å². The van der Waals surface area contributed by atoms with Crippen molar-refractivity contribution < 1.29 is 9.47 Å². The highest BCUT2D eigenvalue weighted by molar-refractivity contribution is 7.99. The summed E-state index contributed by atoms with van der Waals surface area (Å²) in [5.74, 6) is 1.58. The zero-order valence-corrected chi connectivity index (χ0v) is 13.2. The van der Waals surface area contributed by atoms with Crippen molar-refractivity contribution in [3.8, 4) is 11.5 Å². The first-order chi connectivity index (χ1) is 10.1. The van der Waals surface area contributed by atoms with Crippen LogP contribution >= 0.6 is 23.4 Å². The van der Waals surface area contributed by atoms with Gasteiger partial charge in [-0.25, -0.2) is 0 Å². The largest absolute Gasteiger partial charge is 0.486 e. The third kappa shape index (κ3) is 3.28. The lowest BCUT2D eigenvalue weighted by atomic mass is 10.1. The summed E-state index contributed by atoms with van der Waals surface area (Å²) >= 11 is 7.93. The molecular weight excluding hydrogens is 306 g/mol. The summed E-state index contributed by atoms with van der Waals surface area (Å²) in [4.78, 5) is 2.06. The molecule has 0 saturated carbocycles. The molecule has 1 atom stereocenters. The van der Waals surface area contributed by atoms with Gasteiger partial charge >= 0.3 is 0 Å². The Balaban J connectivity index is 1.83. The van der Waals surface area contributed by atoms with Gasteiger partial charge in [-0.2, -0.15) is 0 Å². The first kappa shape index (κ1) is 14.6. The van der Waals surface area contributed by atoms with Crippen LogP contribution < -0.4 is 15.2 Å². The van der Waals surface area contributed by atoms with Crippen LogP contribution in [-0.2, 0) is 0 Å². The third-order valence-corrected chi connectivity index (χ3v) is 4.71. The minimum atomic E-state index is -0.0177. The van der Waals surface area contributed by atoms with E-state index in [1.54, 1.807) is 11.8 Å². The molecule has 1 unspecified atom stereocenters. The van der Waals surface area contributed by atoms with Crippen molar-refractivity contribution in [2.45, 2.75) is 22.8 Å². The van der Waals surface area contributed by atoms with Crippen LogP contribution in [0.4, 0.5) is 0 Å². The van der Waals surface area contributed by atoms with E-state index in [0.29, 0.717) is 18.2 Å². The SMILES string of the molecule is CC(N)c1ccc(Sc2ccc3c(c2)OCCO3)c(Cl)c1. The van der Waals surface area contributed by atoms with Gasteiger partial charge in [0.2, 0.25) is 0 Å². The number of rotatable bonds is 3. The molecule has 3 rings (SSSR count). The minimum Gasteiger partial charge on any atom is -0.486 e. The van der Waals surface area contributed by atoms with Crippen LogP contribution in [0.1, 0.15) is 18.5 Å². The van der Waals surface area contributed by atoms with Gasteiger partial charge in [-0.3, -0.25) is 0 Å². The van der Waals surface area contributed by atoms with Crippen LogP contribution in [0.5, 0.6) is 11.5 Å². The van der Waals surface area contributed by atoms with E-state index in [9.17, 15) is 0 Å². The van der Waals surface area contributed by atoms with Crippen LogP contribution in [0.25, 0.3) is 0 Å². The topological polar surface area (TPSA) is 44.5 Å². The highest BCUT2D eigenvalue weighted by atomic mass is 35.5. The molecule has 0 aromatic heterocycles. The zero-order chi connectivity index (χ0) is 14.8. The maximum atomic E-state index is 6.33. The summed E-state index contributed by atoms with van der Waals surface area (Å²) < 4.78 is 11.1. The number of hydrogen-bond acceptors (Lipinski definition) is 4. The zero-order valence-electron chi connectivity index (χ0n) is 11.6. The number of benzene rings is 2. The maximum absolute atomic E-state index is 6.33. The lowest BCUT2D eigenvalue weighted by Crippen LogP contribution is -2.15. The first-order valence-corrected chi connectivity index (χ1v) is 7.95. The third-order valence-electron chi connectivity index (χ3n) is 3.22. The molecular formula is C16H16ClNO2S. The second kappa shape index (κ2) is 6.18.